The van der Waals surface area contributed by atoms with Crippen LogP contribution in [0.1, 0.15) is 33.1 Å². The summed E-state index contributed by atoms with van der Waals surface area (Å²) in [4.78, 5) is 28.3. The number of allylic oxidation sites excluding steroid dienone is 2. The van der Waals surface area contributed by atoms with Crippen molar-refractivity contribution >= 4 is 17.7 Å². The van der Waals surface area contributed by atoms with Crippen molar-refractivity contribution in [1.29, 1.82) is 0 Å². The van der Waals surface area contributed by atoms with Gasteiger partial charge in [0, 0.05) is 0 Å². The molecule has 21 heavy (non-hydrogen) atoms. The van der Waals surface area contributed by atoms with Crippen molar-refractivity contribution < 1.29 is 19.1 Å². The van der Waals surface area contributed by atoms with E-state index in [-0.39, 0.29) is 12.5 Å². The van der Waals surface area contributed by atoms with Crippen molar-refractivity contribution in [3.63, 3.8) is 0 Å². The number of ether oxygens (including phenoxy) is 2. The van der Waals surface area contributed by atoms with Gasteiger partial charge in [-0.3, -0.25) is 9.59 Å². The van der Waals surface area contributed by atoms with Gasteiger partial charge in [-0.05, 0) is 44.8 Å². The molecule has 0 spiro atoms. The van der Waals surface area contributed by atoms with Gasteiger partial charge in [0.2, 0.25) is 11.8 Å². The predicted octanol–water partition coefficient (Wildman–Crippen LogP) is 1.68. The van der Waals surface area contributed by atoms with Crippen molar-refractivity contribution in [3.8, 4) is 0 Å². The molecule has 0 aromatic rings. The lowest BCUT2D eigenvalue weighted by Crippen LogP contribution is -2.46. The summed E-state index contributed by atoms with van der Waals surface area (Å²) >= 11 is 0. The number of hydrogen-bond donors (Lipinski definition) is 1. The molecule has 6 nitrogen and oxygen atoms in total. The smallest absolute Gasteiger partial charge is 0.318 e. The fourth-order valence-electron chi connectivity index (χ4n) is 2.43. The van der Waals surface area contributed by atoms with E-state index in [1.54, 1.807) is 14.0 Å². The zero-order valence-corrected chi connectivity index (χ0v) is 12.6. The molecule has 1 fully saturated rings. The van der Waals surface area contributed by atoms with Gasteiger partial charge in [0.1, 0.15) is 11.8 Å². The Balaban J connectivity index is 2.32. The van der Waals surface area contributed by atoms with E-state index in [4.69, 9.17) is 9.47 Å². The van der Waals surface area contributed by atoms with E-state index in [0.29, 0.717) is 18.1 Å². The van der Waals surface area contributed by atoms with Gasteiger partial charge >= 0.3 is 5.97 Å². The van der Waals surface area contributed by atoms with Gasteiger partial charge in [-0.2, -0.15) is 4.99 Å². The molecule has 114 valence electrons. The molecule has 1 unspecified atom stereocenters. The third-order valence-electron chi connectivity index (χ3n) is 3.61. The van der Waals surface area contributed by atoms with E-state index < -0.39 is 11.9 Å². The van der Waals surface area contributed by atoms with Crippen LogP contribution in [0.5, 0.6) is 0 Å². The zero-order chi connectivity index (χ0) is 15.4. The maximum absolute atomic E-state index is 12.1. The van der Waals surface area contributed by atoms with Crippen molar-refractivity contribution in [1.82, 2.24) is 5.32 Å². The number of aliphatic imine (C=N–C) groups is 1. The number of piperidine rings is 1. The van der Waals surface area contributed by atoms with E-state index in [2.05, 4.69) is 10.3 Å². The second-order valence-electron chi connectivity index (χ2n) is 5.00. The lowest BCUT2D eigenvalue weighted by atomic mass is 9.89. The van der Waals surface area contributed by atoms with E-state index in [1.807, 2.05) is 13.0 Å². The van der Waals surface area contributed by atoms with Crippen LogP contribution in [0.4, 0.5) is 0 Å². The van der Waals surface area contributed by atoms with Crippen LogP contribution < -0.4 is 5.32 Å². The Hall–Kier alpha value is -2.11. The number of fused-ring (bicyclic) bond motifs is 1. The molecular formula is C15H20N2O4. The molecule has 2 rings (SSSR count). The number of nitrogens with one attached hydrogen (secondary N) is 1. The minimum Gasteiger partial charge on any atom is -0.481 e. The maximum Gasteiger partial charge on any atom is 0.318 e. The predicted molar refractivity (Wildman–Crippen MR) is 77.3 cm³/mol. The summed E-state index contributed by atoms with van der Waals surface area (Å²) in [5.41, 5.74) is 2.02. The Labute approximate surface area is 123 Å². The van der Waals surface area contributed by atoms with Crippen molar-refractivity contribution in [2.24, 2.45) is 10.9 Å². The van der Waals surface area contributed by atoms with Gasteiger partial charge in [-0.15, -0.1) is 0 Å². The highest BCUT2D eigenvalue weighted by Crippen LogP contribution is 2.27. The standard InChI is InChI=1S/C15H20N2O4/c1-4-21-15(19)11-8-10-9(2)6-5-7-12(20-3)16-13(10)17-14(11)18/h7,11H,4-6,8H2,1-3H3,(H,16,17,18). The highest BCUT2D eigenvalue weighted by molar-refractivity contribution is 6.16. The fourth-order valence-corrected chi connectivity index (χ4v) is 2.43. The number of carbonyl (C=O) groups excluding carboxylic acids is 2. The van der Waals surface area contributed by atoms with Crippen LogP contribution in [0.2, 0.25) is 0 Å². The minimum atomic E-state index is -0.803. The van der Waals surface area contributed by atoms with Gasteiger partial charge in [0.25, 0.3) is 0 Å². The van der Waals surface area contributed by atoms with Crippen molar-refractivity contribution in [2.45, 2.75) is 33.1 Å². The molecule has 6 heteroatoms. The molecule has 1 amide bonds. The molecule has 1 saturated heterocycles. The van der Waals surface area contributed by atoms with E-state index in [1.165, 1.54) is 0 Å². The summed E-state index contributed by atoms with van der Waals surface area (Å²) in [6, 6.07) is 0. The monoisotopic (exact) mass is 292 g/mol. The fraction of sp³-hybridized carbons (Fsp3) is 0.533. The van der Waals surface area contributed by atoms with Crippen LogP contribution in [-0.4, -0.2) is 31.4 Å². The average Bonchev–Trinajstić information content (AvgIpc) is 2.44. The Kier molecular flexibility index (Phi) is 4.77. The summed E-state index contributed by atoms with van der Waals surface area (Å²) in [5.74, 6) is -0.710. The number of esters is 1. The van der Waals surface area contributed by atoms with Crippen molar-refractivity contribution in [3.05, 3.63) is 23.1 Å². The number of hydrogen-bond acceptors (Lipinski definition) is 5. The molecule has 1 atom stereocenters. The Morgan fingerprint density at radius 2 is 2.29 bits per heavy atom. The number of methoxy groups -OCH3 is 1. The molecule has 0 saturated carbocycles. The van der Waals surface area contributed by atoms with Crippen LogP contribution >= 0.6 is 0 Å². The molecule has 1 N–H and O–H groups in total. The van der Waals surface area contributed by atoms with Crippen LogP contribution in [0.3, 0.4) is 0 Å². The molecule has 0 aromatic carbocycles. The molecule has 0 aliphatic carbocycles. The van der Waals surface area contributed by atoms with Gasteiger partial charge < -0.3 is 14.8 Å². The summed E-state index contributed by atoms with van der Waals surface area (Å²) in [6.07, 6.45) is 3.86. The van der Waals surface area contributed by atoms with Crippen LogP contribution in [0, 0.1) is 5.92 Å². The Morgan fingerprint density at radius 1 is 1.52 bits per heavy atom. The van der Waals surface area contributed by atoms with Gasteiger partial charge in [0.05, 0.1) is 13.7 Å². The molecule has 2 aliphatic rings. The number of amidine groups is 1. The highest BCUT2D eigenvalue weighted by atomic mass is 16.5. The van der Waals surface area contributed by atoms with Crippen LogP contribution in [-0.2, 0) is 19.1 Å². The first-order valence-corrected chi connectivity index (χ1v) is 7.06. The molecule has 0 aromatic heterocycles. The van der Waals surface area contributed by atoms with Crippen LogP contribution in [0.15, 0.2) is 28.1 Å². The molecular weight excluding hydrogens is 272 g/mol. The van der Waals surface area contributed by atoms with E-state index >= 15 is 0 Å². The van der Waals surface area contributed by atoms with Gasteiger partial charge in [0.15, 0.2) is 0 Å². The topological polar surface area (TPSA) is 77.0 Å². The first kappa shape index (κ1) is 15.3. The average molecular weight is 292 g/mol. The zero-order valence-electron chi connectivity index (χ0n) is 12.6. The Morgan fingerprint density at radius 3 is 2.95 bits per heavy atom. The number of amides is 1. The SMILES string of the molecule is CCOC(=O)C1CC2=C(C)CCC=C(OC)N=C2NC1=O. The first-order chi connectivity index (χ1) is 10.1. The highest BCUT2D eigenvalue weighted by Gasteiger charge is 2.36. The number of carbonyl (C=O) groups is 2. The summed E-state index contributed by atoms with van der Waals surface area (Å²) in [7, 11) is 1.54. The first-order valence-electron chi connectivity index (χ1n) is 7.06. The number of nitrogens with zero attached hydrogens (tertiary/aromatic N) is 1. The second kappa shape index (κ2) is 6.56. The Bertz CT molecular complexity index is 546. The lowest BCUT2D eigenvalue weighted by molar-refractivity contribution is -0.151. The van der Waals surface area contributed by atoms with E-state index in [0.717, 1.165) is 24.0 Å². The van der Waals surface area contributed by atoms with Crippen LogP contribution in [0.25, 0.3) is 0 Å². The molecule has 2 heterocycles. The quantitative estimate of drug-likeness (QED) is 0.634. The minimum absolute atomic E-state index is 0.262. The number of rotatable bonds is 3. The van der Waals surface area contributed by atoms with Gasteiger partial charge in [-0.1, -0.05) is 5.57 Å². The summed E-state index contributed by atoms with van der Waals surface area (Å²) in [5, 5.41) is 2.70. The summed E-state index contributed by atoms with van der Waals surface area (Å²) in [6.45, 7) is 3.98. The van der Waals surface area contributed by atoms with E-state index in [9.17, 15) is 9.59 Å². The lowest BCUT2D eigenvalue weighted by Gasteiger charge is -2.27. The third-order valence-corrected chi connectivity index (χ3v) is 3.61. The molecule has 0 bridgehead atoms. The normalized spacial score (nSPS) is 22.2. The van der Waals surface area contributed by atoms with Gasteiger partial charge in [-0.25, -0.2) is 0 Å². The van der Waals surface area contributed by atoms with Crippen molar-refractivity contribution in [2.75, 3.05) is 13.7 Å². The second-order valence-corrected chi connectivity index (χ2v) is 5.00. The summed E-state index contributed by atoms with van der Waals surface area (Å²) < 4.78 is 10.1. The molecule has 0 radical (unpaired) electrons. The molecule has 2 aliphatic heterocycles. The largest absolute Gasteiger partial charge is 0.481 e. The third kappa shape index (κ3) is 3.32. The maximum atomic E-state index is 12.1.